The smallest absolute Gasteiger partial charge is 0.274 e. The highest BCUT2D eigenvalue weighted by Crippen LogP contribution is 2.26. The molecular weight excluding hydrogens is 432 g/mol. The third kappa shape index (κ3) is 3.58. The van der Waals surface area contributed by atoms with Gasteiger partial charge in [-0.1, -0.05) is 24.3 Å². The molecule has 2 aliphatic heterocycles. The molecule has 0 bridgehead atoms. The molecule has 0 aliphatic carbocycles. The summed E-state index contributed by atoms with van der Waals surface area (Å²) in [6.07, 6.45) is 4.87. The molecule has 1 N–H and O–H groups in total. The van der Waals surface area contributed by atoms with Gasteiger partial charge in [-0.05, 0) is 52.0 Å². The number of β-amino-alcohol motifs (C(OH)–C–C–N with tert-alkyl or cyclic N) is 1. The topological polar surface area (TPSA) is 61.1 Å². The van der Waals surface area contributed by atoms with Crippen LogP contribution in [-0.2, 0) is 13.0 Å². The zero-order chi connectivity index (χ0) is 20.0. The number of hydrogen-bond donors (Lipinski definition) is 1. The number of hydrogen-bond acceptors (Lipinski definition) is 4. The number of nitrogens with zero attached hydrogens (tertiary/aromatic N) is 4. The molecule has 0 radical (unpaired) electrons. The molecule has 29 heavy (non-hydrogen) atoms. The fourth-order valence-corrected chi connectivity index (χ4v) is 4.91. The van der Waals surface area contributed by atoms with Gasteiger partial charge < -0.3 is 14.4 Å². The van der Waals surface area contributed by atoms with Crippen molar-refractivity contribution in [1.29, 1.82) is 0 Å². The SMILES string of the molecule is O=C(c1cn2cc(Br)ccc2n1)N1CC[C@H](N2CCc3ccccc3C2)[C@@H](O)C1. The van der Waals surface area contributed by atoms with Crippen LogP contribution in [0.15, 0.2) is 53.3 Å². The normalized spacial score (nSPS) is 22.6. The highest BCUT2D eigenvalue weighted by Gasteiger charge is 2.35. The molecule has 2 aliphatic rings. The Morgan fingerprint density at radius 1 is 1.10 bits per heavy atom. The van der Waals surface area contributed by atoms with Crippen LogP contribution in [0.1, 0.15) is 28.0 Å². The van der Waals surface area contributed by atoms with Crippen molar-refractivity contribution in [2.24, 2.45) is 0 Å². The highest BCUT2D eigenvalue weighted by molar-refractivity contribution is 9.10. The minimum atomic E-state index is -0.552. The predicted molar refractivity (Wildman–Crippen MR) is 114 cm³/mol. The maximum atomic E-state index is 13.0. The molecule has 2 atom stereocenters. The number of rotatable bonds is 2. The van der Waals surface area contributed by atoms with Gasteiger partial charge in [0.25, 0.3) is 5.91 Å². The van der Waals surface area contributed by atoms with Crippen LogP contribution in [0.4, 0.5) is 0 Å². The van der Waals surface area contributed by atoms with Gasteiger partial charge in [-0.25, -0.2) is 4.98 Å². The number of aliphatic hydroxyl groups is 1. The molecule has 4 heterocycles. The minimum absolute atomic E-state index is 0.0874. The second kappa shape index (κ2) is 7.55. The third-order valence-electron chi connectivity index (χ3n) is 6.10. The van der Waals surface area contributed by atoms with Gasteiger partial charge in [-0.15, -0.1) is 0 Å². The first-order valence-corrected chi connectivity index (χ1v) is 10.8. The number of benzene rings is 1. The van der Waals surface area contributed by atoms with E-state index in [2.05, 4.69) is 50.1 Å². The van der Waals surface area contributed by atoms with Gasteiger partial charge in [0.2, 0.25) is 0 Å². The molecule has 6 nitrogen and oxygen atoms in total. The second-order valence-corrected chi connectivity index (χ2v) is 8.82. The Labute approximate surface area is 177 Å². The summed E-state index contributed by atoms with van der Waals surface area (Å²) in [7, 11) is 0. The molecule has 150 valence electrons. The lowest BCUT2D eigenvalue weighted by Crippen LogP contribution is -2.56. The molecule has 0 saturated carbocycles. The van der Waals surface area contributed by atoms with Gasteiger partial charge in [-0.2, -0.15) is 0 Å². The lowest BCUT2D eigenvalue weighted by atomic mass is 9.94. The standard InChI is InChI=1S/C22H23BrN4O2/c23-17-5-6-21-24-18(13-27(21)12-17)22(29)26-10-8-19(20(28)14-26)25-9-7-15-3-1-2-4-16(15)11-25/h1-6,12-13,19-20,28H,7-11,14H2/t19-,20-/m0/s1. The summed E-state index contributed by atoms with van der Waals surface area (Å²) >= 11 is 3.44. The highest BCUT2D eigenvalue weighted by atomic mass is 79.9. The molecular formula is C22H23BrN4O2. The van der Waals surface area contributed by atoms with Crippen molar-refractivity contribution in [3.05, 3.63) is 70.1 Å². The Hall–Kier alpha value is -2.22. The number of pyridine rings is 1. The van der Waals surface area contributed by atoms with E-state index in [1.54, 1.807) is 11.1 Å². The summed E-state index contributed by atoms with van der Waals surface area (Å²) in [6.45, 7) is 2.80. The number of fused-ring (bicyclic) bond motifs is 2. The number of piperidine rings is 1. The Kier molecular flexibility index (Phi) is 4.89. The van der Waals surface area contributed by atoms with Crippen molar-refractivity contribution in [1.82, 2.24) is 19.2 Å². The Morgan fingerprint density at radius 2 is 1.93 bits per heavy atom. The summed E-state index contributed by atoms with van der Waals surface area (Å²) in [5.74, 6) is -0.119. The van der Waals surface area contributed by atoms with Gasteiger partial charge in [0.1, 0.15) is 11.3 Å². The number of carbonyl (C=O) groups is 1. The number of aromatic nitrogens is 2. The van der Waals surface area contributed by atoms with E-state index in [0.717, 1.165) is 36.1 Å². The van der Waals surface area contributed by atoms with Crippen LogP contribution in [-0.4, -0.2) is 62.0 Å². The van der Waals surface area contributed by atoms with E-state index >= 15 is 0 Å². The average Bonchev–Trinajstić information content (AvgIpc) is 3.16. The molecule has 1 saturated heterocycles. The Balaban J connectivity index is 1.27. The first-order chi connectivity index (χ1) is 14.1. The van der Waals surface area contributed by atoms with Crippen molar-refractivity contribution in [3.63, 3.8) is 0 Å². The fraction of sp³-hybridized carbons (Fsp3) is 0.364. The Morgan fingerprint density at radius 3 is 2.76 bits per heavy atom. The summed E-state index contributed by atoms with van der Waals surface area (Å²) in [5.41, 5.74) is 3.91. The monoisotopic (exact) mass is 454 g/mol. The minimum Gasteiger partial charge on any atom is -0.390 e. The fourth-order valence-electron chi connectivity index (χ4n) is 4.56. The number of likely N-dealkylation sites (tertiary alicyclic amines) is 1. The maximum Gasteiger partial charge on any atom is 0.274 e. The molecule has 1 amide bonds. The van der Waals surface area contributed by atoms with Crippen molar-refractivity contribution < 1.29 is 9.90 Å². The number of imidazole rings is 1. The van der Waals surface area contributed by atoms with Crippen molar-refractivity contribution in [2.45, 2.75) is 31.5 Å². The van der Waals surface area contributed by atoms with E-state index in [1.165, 1.54) is 11.1 Å². The van der Waals surface area contributed by atoms with E-state index in [1.807, 2.05) is 22.7 Å². The Bertz CT molecular complexity index is 1070. The van der Waals surface area contributed by atoms with E-state index in [9.17, 15) is 9.90 Å². The van der Waals surface area contributed by atoms with E-state index in [-0.39, 0.29) is 11.9 Å². The zero-order valence-electron chi connectivity index (χ0n) is 16.0. The maximum absolute atomic E-state index is 13.0. The number of aliphatic hydroxyl groups excluding tert-OH is 1. The second-order valence-electron chi connectivity index (χ2n) is 7.90. The van der Waals surface area contributed by atoms with Gasteiger partial charge in [0.05, 0.1) is 6.10 Å². The molecule has 5 rings (SSSR count). The van der Waals surface area contributed by atoms with Crippen LogP contribution < -0.4 is 0 Å². The molecule has 7 heteroatoms. The quantitative estimate of drug-likeness (QED) is 0.646. The molecule has 3 aromatic rings. The van der Waals surface area contributed by atoms with Gasteiger partial charge in [0, 0.05) is 49.1 Å². The van der Waals surface area contributed by atoms with Crippen molar-refractivity contribution in [2.75, 3.05) is 19.6 Å². The van der Waals surface area contributed by atoms with Crippen LogP contribution >= 0.6 is 15.9 Å². The first-order valence-electron chi connectivity index (χ1n) is 10.0. The summed E-state index contributed by atoms with van der Waals surface area (Å²) < 4.78 is 2.77. The average molecular weight is 455 g/mol. The number of carbonyl (C=O) groups excluding carboxylic acids is 1. The van der Waals surface area contributed by atoms with Crippen LogP contribution in [0.2, 0.25) is 0 Å². The zero-order valence-corrected chi connectivity index (χ0v) is 17.6. The van der Waals surface area contributed by atoms with Crippen molar-refractivity contribution >= 4 is 27.5 Å². The summed E-state index contributed by atoms with van der Waals surface area (Å²) in [5, 5.41) is 10.8. The third-order valence-corrected chi connectivity index (χ3v) is 6.57. The lowest BCUT2D eigenvalue weighted by molar-refractivity contribution is -0.0139. The molecule has 0 spiro atoms. The molecule has 0 unspecified atom stereocenters. The van der Waals surface area contributed by atoms with Gasteiger partial charge in [0.15, 0.2) is 0 Å². The van der Waals surface area contributed by atoms with Crippen LogP contribution in [0.25, 0.3) is 5.65 Å². The van der Waals surface area contributed by atoms with Crippen LogP contribution in [0, 0.1) is 0 Å². The van der Waals surface area contributed by atoms with Gasteiger partial charge >= 0.3 is 0 Å². The largest absolute Gasteiger partial charge is 0.390 e. The van der Waals surface area contributed by atoms with Crippen molar-refractivity contribution in [3.8, 4) is 0 Å². The number of amides is 1. The van der Waals surface area contributed by atoms with E-state index in [4.69, 9.17) is 0 Å². The predicted octanol–water partition coefficient (Wildman–Crippen LogP) is 2.73. The molecule has 2 aromatic heterocycles. The lowest BCUT2D eigenvalue weighted by Gasteiger charge is -2.43. The van der Waals surface area contributed by atoms with Crippen LogP contribution in [0.3, 0.4) is 0 Å². The summed E-state index contributed by atoms with van der Waals surface area (Å²) in [4.78, 5) is 21.5. The number of halogens is 1. The molecule has 1 fully saturated rings. The summed E-state index contributed by atoms with van der Waals surface area (Å²) in [6, 6.07) is 12.4. The van der Waals surface area contributed by atoms with Crippen LogP contribution in [0.5, 0.6) is 0 Å². The van der Waals surface area contributed by atoms with E-state index in [0.29, 0.717) is 18.8 Å². The van der Waals surface area contributed by atoms with E-state index < -0.39 is 6.10 Å². The van der Waals surface area contributed by atoms with Gasteiger partial charge in [-0.3, -0.25) is 9.69 Å². The first kappa shape index (κ1) is 18.8. The molecule has 1 aromatic carbocycles.